The van der Waals surface area contributed by atoms with E-state index in [2.05, 4.69) is 15.0 Å². The average Bonchev–Trinajstić information content (AvgIpc) is 2.89. The van der Waals surface area contributed by atoms with Gasteiger partial charge in [0.2, 0.25) is 0 Å². The van der Waals surface area contributed by atoms with Gasteiger partial charge in [0.05, 0.1) is 0 Å². The van der Waals surface area contributed by atoms with Crippen LogP contribution in [0, 0.1) is 5.82 Å². The monoisotopic (exact) mass is 315 g/mol. The lowest BCUT2D eigenvalue weighted by Gasteiger charge is -2.09. The first kappa shape index (κ1) is 14.9. The van der Waals surface area contributed by atoms with Gasteiger partial charge in [0.25, 0.3) is 10.0 Å². The number of rotatable bonds is 6. The number of sulfonamides is 1. The molecule has 2 rings (SSSR count). The average molecular weight is 315 g/mol. The van der Waals surface area contributed by atoms with E-state index in [-0.39, 0.29) is 10.0 Å². The minimum atomic E-state index is -3.97. The minimum absolute atomic E-state index is 0.210. The lowest BCUT2D eigenvalue weighted by atomic mass is 10.2. The summed E-state index contributed by atoms with van der Waals surface area (Å²) >= 11 is 1.13. The maximum Gasteiger partial charge on any atom is 0.266 e. The molecule has 1 heterocycles. The van der Waals surface area contributed by atoms with Gasteiger partial charge in [-0.2, -0.15) is 0 Å². The molecule has 0 aliphatic heterocycles. The molecular formula is C12H14FN3O2S2. The molecule has 0 aliphatic rings. The van der Waals surface area contributed by atoms with Crippen molar-refractivity contribution in [2.24, 2.45) is 0 Å². The zero-order valence-electron chi connectivity index (χ0n) is 10.8. The molecule has 0 saturated heterocycles. The van der Waals surface area contributed by atoms with E-state index in [4.69, 9.17) is 0 Å². The van der Waals surface area contributed by atoms with Crippen LogP contribution in [-0.2, 0) is 16.6 Å². The third kappa shape index (κ3) is 3.53. The van der Waals surface area contributed by atoms with Gasteiger partial charge in [0.15, 0.2) is 5.13 Å². The Morgan fingerprint density at radius 1 is 1.40 bits per heavy atom. The summed E-state index contributed by atoms with van der Waals surface area (Å²) in [5.74, 6) is -0.783. The Hall–Kier alpha value is -1.51. The van der Waals surface area contributed by atoms with Gasteiger partial charge in [0, 0.05) is 18.1 Å². The van der Waals surface area contributed by atoms with E-state index in [0.29, 0.717) is 12.1 Å². The van der Waals surface area contributed by atoms with E-state index in [9.17, 15) is 12.8 Å². The van der Waals surface area contributed by atoms with Crippen molar-refractivity contribution >= 4 is 26.5 Å². The molecule has 5 nitrogen and oxygen atoms in total. The number of nitrogens with zero attached hydrogens (tertiary/aromatic N) is 1. The van der Waals surface area contributed by atoms with E-state index in [1.165, 1.54) is 12.3 Å². The summed E-state index contributed by atoms with van der Waals surface area (Å²) in [6.45, 7) is 3.17. The molecule has 1 aromatic carbocycles. The highest BCUT2D eigenvalue weighted by Gasteiger charge is 2.20. The van der Waals surface area contributed by atoms with E-state index in [1.807, 2.05) is 6.92 Å². The molecule has 20 heavy (non-hydrogen) atoms. The fourth-order valence-electron chi connectivity index (χ4n) is 1.58. The van der Waals surface area contributed by atoms with E-state index >= 15 is 0 Å². The number of benzene rings is 1. The summed E-state index contributed by atoms with van der Waals surface area (Å²) in [7, 11) is -3.97. The normalized spacial score (nSPS) is 11.5. The van der Waals surface area contributed by atoms with Gasteiger partial charge in [0.1, 0.15) is 10.7 Å². The van der Waals surface area contributed by atoms with Crippen LogP contribution in [-0.4, -0.2) is 19.9 Å². The van der Waals surface area contributed by atoms with Crippen LogP contribution in [0.5, 0.6) is 0 Å². The summed E-state index contributed by atoms with van der Waals surface area (Å²) < 4.78 is 40.3. The minimum Gasteiger partial charge on any atom is -0.313 e. The van der Waals surface area contributed by atoms with Gasteiger partial charge in [-0.3, -0.25) is 4.72 Å². The maximum absolute atomic E-state index is 13.8. The fourth-order valence-corrected chi connectivity index (χ4v) is 3.49. The Bertz CT molecular complexity index is 672. The molecule has 2 aromatic rings. The summed E-state index contributed by atoms with van der Waals surface area (Å²) in [4.78, 5) is 3.45. The molecule has 0 fully saturated rings. The maximum atomic E-state index is 13.8. The van der Waals surface area contributed by atoms with E-state index in [0.717, 1.165) is 23.9 Å². The van der Waals surface area contributed by atoms with Crippen molar-refractivity contribution in [2.45, 2.75) is 18.4 Å². The van der Waals surface area contributed by atoms with Gasteiger partial charge < -0.3 is 5.32 Å². The molecule has 0 atom stereocenters. The number of halogens is 1. The number of anilines is 1. The van der Waals surface area contributed by atoms with E-state index < -0.39 is 15.8 Å². The number of hydrogen-bond acceptors (Lipinski definition) is 5. The SMILES string of the molecule is CCNCc1ccc(F)c(S(=O)(=O)Nc2nccs2)c1. The lowest BCUT2D eigenvalue weighted by Crippen LogP contribution is -2.16. The molecular weight excluding hydrogens is 301 g/mol. The third-order valence-electron chi connectivity index (χ3n) is 2.52. The van der Waals surface area contributed by atoms with Crippen LogP contribution < -0.4 is 10.0 Å². The Morgan fingerprint density at radius 2 is 2.20 bits per heavy atom. The van der Waals surface area contributed by atoms with Crippen molar-refractivity contribution in [2.75, 3.05) is 11.3 Å². The molecule has 1 aromatic heterocycles. The first-order valence-electron chi connectivity index (χ1n) is 5.94. The second-order valence-corrected chi connectivity index (χ2v) is 6.53. The largest absolute Gasteiger partial charge is 0.313 e. The Balaban J connectivity index is 2.30. The zero-order valence-corrected chi connectivity index (χ0v) is 12.4. The first-order chi connectivity index (χ1) is 9.53. The van der Waals surface area contributed by atoms with Gasteiger partial charge in [-0.25, -0.2) is 17.8 Å². The highest BCUT2D eigenvalue weighted by molar-refractivity contribution is 7.93. The van der Waals surface area contributed by atoms with Gasteiger partial charge in [-0.15, -0.1) is 11.3 Å². The van der Waals surface area contributed by atoms with Crippen molar-refractivity contribution in [1.29, 1.82) is 0 Å². The molecule has 0 spiro atoms. The van der Waals surface area contributed by atoms with Gasteiger partial charge in [-0.05, 0) is 24.2 Å². The summed E-state index contributed by atoms with van der Waals surface area (Å²) in [6.07, 6.45) is 1.47. The number of thiazole rings is 1. The van der Waals surface area contributed by atoms with Crippen molar-refractivity contribution in [3.63, 3.8) is 0 Å². The fraction of sp³-hybridized carbons (Fsp3) is 0.250. The Labute approximate surface area is 120 Å². The van der Waals surface area contributed by atoms with Crippen LogP contribution in [0.25, 0.3) is 0 Å². The molecule has 0 amide bonds. The second kappa shape index (κ2) is 6.29. The highest BCUT2D eigenvalue weighted by atomic mass is 32.2. The molecule has 108 valence electrons. The lowest BCUT2D eigenvalue weighted by molar-refractivity contribution is 0.568. The quantitative estimate of drug-likeness (QED) is 0.857. The van der Waals surface area contributed by atoms with Crippen LogP contribution in [0.1, 0.15) is 12.5 Å². The second-order valence-electron chi connectivity index (χ2n) is 3.99. The van der Waals surface area contributed by atoms with Crippen LogP contribution in [0.2, 0.25) is 0 Å². The first-order valence-corrected chi connectivity index (χ1v) is 8.30. The van der Waals surface area contributed by atoms with Crippen LogP contribution in [0.15, 0.2) is 34.7 Å². The standard InChI is InChI=1S/C12H14FN3O2S2/c1-2-14-8-9-3-4-10(13)11(7-9)20(17,18)16-12-15-5-6-19-12/h3-7,14H,2,8H2,1H3,(H,15,16). The molecule has 0 saturated carbocycles. The van der Waals surface area contributed by atoms with Crippen molar-refractivity contribution < 1.29 is 12.8 Å². The summed E-state index contributed by atoms with van der Waals surface area (Å²) in [5.41, 5.74) is 0.702. The number of aromatic nitrogens is 1. The topological polar surface area (TPSA) is 71.1 Å². The molecule has 0 unspecified atom stereocenters. The predicted octanol–water partition coefficient (Wildman–Crippen LogP) is 2.19. The Morgan fingerprint density at radius 3 is 2.85 bits per heavy atom. The smallest absolute Gasteiger partial charge is 0.266 e. The number of hydrogen-bond donors (Lipinski definition) is 2. The molecule has 0 aliphatic carbocycles. The van der Waals surface area contributed by atoms with Crippen molar-refractivity contribution in [1.82, 2.24) is 10.3 Å². The van der Waals surface area contributed by atoms with Crippen LogP contribution >= 0.6 is 11.3 Å². The van der Waals surface area contributed by atoms with Crippen molar-refractivity contribution in [3.05, 3.63) is 41.2 Å². The van der Waals surface area contributed by atoms with Crippen LogP contribution in [0.4, 0.5) is 9.52 Å². The summed E-state index contributed by atoms with van der Waals surface area (Å²) in [6, 6.07) is 4.04. The zero-order chi connectivity index (χ0) is 14.6. The van der Waals surface area contributed by atoms with Crippen LogP contribution in [0.3, 0.4) is 0 Å². The molecule has 2 N–H and O–H groups in total. The van der Waals surface area contributed by atoms with Gasteiger partial charge >= 0.3 is 0 Å². The third-order valence-corrected chi connectivity index (χ3v) is 4.69. The highest BCUT2D eigenvalue weighted by Crippen LogP contribution is 2.21. The predicted molar refractivity (Wildman–Crippen MR) is 76.7 cm³/mol. The molecule has 0 bridgehead atoms. The number of nitrogens with one attached hydrogen (secondary N) is 2. The van der Waals surface area contributed by atoms with E-state index in [1.54, 1.807) is 11.4 Å². The van der Waals surface area contributed by atoms with Gasteiger partial charge in [-0.1, -0.05) is 13.0 Å². The summed E-state index contributed by atoms with van der Waals surface area (Å²) in [5, 5.41) is 4.90. The Kier molecular flexibility index (Phi) is 4.69. The molecule has 0 radical (unpaired) electrons. The molecule has 8 heteroatoms. The van der Waals surface area contributed by atoms with Crippen molar-refractivity contribution in [3.8, 4) is 0 Å².